The summed E-state index contributed by atoms with van der Waals surface area (Å²) in [5.41, 5.74) is 0. The van der Waals surface area contributed by atoms with E-state index in [9.17, 15) is 0 Å². The van der Waals surface area contributed by atoms with Crippen molar-refractivity contribution in [2.75, 3.05) is 21.3 Å². The van der Waals surface area contributed by atoms with Gasteiger partial charge < -0.3 is 14.2 Å². The van der Waals surface area contributed by atoms with Gasteiger partial charge in [0.15, 0.2) is 11.5 Å². The highest BCUT2D eigenvalue weighted by Crippen LogP contribution is 2.31. The van der Waals surface area contributed by atoms with Crippen molar-refractivity contribution in [2.24, 2.45) is 5.92 Å². The highest BCUT2D eigenvalue weighted by molar-refractivity contribution is 5.29. The van der Waals surface area contributed by atoms with E-state index in [-0.39, 0.29) is 0 Å². The summed E-state index contributed by atoms with van der Waals surface area (Å²) in [7, 11) is 4.90. The summed E-state index contributed by atoms with van der Waals surface area (Å²) in [5.74, 6) is 2.66. The van der Waals surface area contributed by atoms with E-state index < -0.39 is 0 Å². The SMILES string of the molecule is C=CCC1C=C(OC)C(OC)=C(OC)C1. The van der Waals surface area contributed by atoms with Gasteiger partial charge in [-0.15, -0.1) is 6.58 Å². The molecule has 0 aliphatic heterocycles. The maximum absolute atomic E-state index is 5.30. The second kappa shape index (κ2) is 5.49. The van der Waals surface area contributed by atoms with Crippen LogP contribution in [0.5, 0.6) is 0 Å². The van der Waals surface area contributed by atoms with Gasteiger partial charge in [-0.2, -0.15) is 0 Å². The van der Waals surface area contributed by atoms with Crippen LogP contribution in [-0.2, 0) is 14.2 Å². The molecule has 0 aromatic carbocycles. The second-order valence-electron chi connectivity index (χ2n) is 3.38. The van der Waals surface area contributed by atoms with Crippen molar-refractivity contribution >= 4 is 0 Å². The molecule has 0 heterocycles. The van der Waals surface area contributed by atoms with Crippen molar-refractivity contribution in [3.63, 3.8) is 0 Å². The third-order valence-electron chi connectivity index (χ3n) is 2.45. The zero-order valence-corrected chi connectivity index (χ0v) is 9.58. The summed E-state index contributed by atoms with van der Waals surface area (Å²) in [4.78, 5) is 0. The standard InChI is InChI=1S/C12H18O3/c1-5-6-9-7-10(13-2)12(15-4)11(8-9)14-3/h5,7,9H,1,6,8H2,2-4H3. The third kappa shape index (κ3) is 2.55. The number of methoxy groups -OCH3 is 3. The lowest BCUT2D eigenvalue weighted by atomic mass is 9.94. The molecule has 0 N–H and O–H groups in total. The van der Waals surface area contributed by atoms with Crippen molar-refractivity contribution in [1.29, 1.82) is 0 Å². The minimum absolute atomic E-state index is 0.381. The number of hydrogen-bond acceptors (Lipinski definition) is 3. The molecule has 0 aromatic heterocycles. The van der Waals surface area contributed by atoms with Gasteiger partial charge in [0.1, 0.15) is 5.76 Å². The third-order valence-corrected chi connectivity index (χ3v) is 2.45. The molecule has 0 fully saturated rings. The minimum Gasteiger partial charge on any atom is -0.497 e. The molecule has 1 rings (SSSR count). The van der Waals surface area contributed by atoms with E-state index in [4.69, 9.17) is 14.2 Å². The molecule has 1 aliphatic carbocycles. The van der Waals surface area contributed by atoms with E-state index in [0.29, 0.717) is 11.7 Å². The van der Waals surface area contributed by atoms with Crippen LogP contribution in [0.4, 0.5) is 0 Å². The number of rotatable bonds is 5. The monoisotopic (exact) mass is 210 g/mol. The Balaban J connectivity index is 2.93. The Bertz CT molecular complexity index is 289. The molecule has 0 saturated heterocycles. The predicted molar refractivity (Wildman–Crippen MR) is 59.1 cm³/mol. The van der Waals surface area contributed by atoms with Gasteiger partial charge in [-0.1, -0.05) is 6.08 Å². The number of allylic oxidation sites excluding steroid dienone is 3. The van der Waals surface area contributed by atoms with Crippen LogP contribution < -0.4 is 0 Å². The van der Waals surface area contributed by atoms with Crippen LogP contribution in [0.2, 0.25) is 0 Å². The molecule has 0 bridgehead atoms. The van der Waals surface area contributed by atoms with Gasteiger partial charge in [-0.3, -0.25) is 0 Å². The Morgan fingerprint density at radius 1 is 1.33 bits per heavy atom. The zero-order chi connectivity index (χ0) is 11.3. The van der Waals surface area contributed by atoms with E-state index >= 15 is 0 Å². The molecule has 3 nitrogen and oxygen atoms in total. The highest BCUT2D eigenvalue weighted by atomic mass is 16.5. The second-order valence-corrected chi connectivity index (χ2v) is 3.38. The first-order valence-corrected chi connectivity index (χ1v) is 4.95. The highest BCUT2D eigenvalue weighted by Gasteiger charge is 2.23. The molecule has 0 radical (unpaired) electrons. The first-order valence-electron chi connectivity index (χ1n) is 4.95. The normalized spacial score (nSPS) is 20.7. The molecule has 0 saturated carbocycles. The molecule has 1 aliphatic rings. The summed E-state index contributed by atoms with van der Waals surface area (Å²) in [6.45, 7) is 3.74. The van der Waals surface area contributed by atoms with Gasteiger partial charge in [0.2, 0.25) is 0 Å². The van der Waals surface area contributed by atoms with Gasteiger partial charge in [0.25, 0.3) is 0 Å². The van der Waals surface area contributed by atoms with Crippen molar-refractivity contribution in [3.8, 4) is 0 Å². The van der Waals surface area contributed by atoms with Crippen molar-refractivity contribution < 1.29 is 14.2 Å². The van der Waals surface area contributed by atoms with Crippen LogP contribution in [0, 0.1) is 5.92 Å². The molecule has 3 heteroatoms. The van der Waals surface area contributed by atoms with Crippen LogP contribution >= 0.6 is 0 Å². The number of hydrogen-bond donors (Lipinski definition) is 0. The van der Waals surface area contributed by atoms with E-state index in [1.807, 2.05) is 6.08 Å². The Morgan fingerprint density at radius 2 is 2.07 bits per heavy atom. The zero-order valence-electron chi connectivity index (χ0n) is 9.58. The predicted octanol–water partition coefficient (Wildman–Crippen LogP) is 2.62. The van der Waals surface area contributed by atoms with Crippen molar-refractivity contribution in [3.05, 3.63) is 36.0 Å². The van der Waals surface area contributed by atoms with Crippen LogP contribution in [-0.4, -0.2) is 21.3 Å². The molecule has 0 amide bonds. The maximum atomic E-state index is 5.30. The quantitative estimate of drug-likeness (QED) is 0.653. The van der Waals surface area contributed by atoms with Gasteiger partial charge in [0.05, 0.1) is 21.3 Å². The van der Waals surface area contributed by atoms with E-state index in [1.54, 1.807) is 21.3 Å². The molecular weight excluding hydrogens is 192 g/mol. The van der Waals surface area contributed by atoms with Gasteiger partial charge in [-0.25, -0.2) is 0 Å². The number of ether oxygens (including phenoxy) is 3. The Hall–Kier alpha value is -1.38. The maximum Gasteiger partial charge on any atom is 0.198 e. The Labute approximate surface area is 91.0 Å². The molecule has 0 aromatic rings. The first kappa shape index (κ1) is 11.7. The average Bonchev–Trinajstić information content (AvgIpc) is 2.28. The van der Waals surface area contributed by atoms with Gasteiger partial charge in [-0.05, 0) is 18.4 Å². The molecule has 1 unspecified atom stereocenters. The molecule has 0 spiro atoms. The lowest BCUT2D eigenvalue weighted by Gasteiger charge is -2.23. The largest absolute Gasteiger partial charge is 0.497 e. The fourth-order valence-electron chi connectivity index (χ4n) is 1.73. The average molecular weight is 210 g/mol. The summed E-state index contributed by atoms with van der Waals surface area (Å²) >= 11 is 0. The minimum atomic E-state index is 0.381. The fourth-order valence-corrected chi connectivity index (χ4v) is 1.73. The molecule has 84 valence electrons. The van der Waals surface area contributed by atoms with Crippen LogP contribution in [0.15, 0.2) is 36.0 Å². The lowest BCUT2D eigenvalue weighted by Crippen LogP contribution is -2.13. The van der Waals surface area contributed by atoms with Crippen LogP contribution in [0.1, 0.15) is 12.8 Å². The first-order chi connectivity index (χ1) is 7.26. The van der Waals surface area contributed by atoms with Crippen LogP contribution in [0.3, 0.4) is 0 Å². The topological polar surface area (TPSA) is 27.7 Å². The van der Waals surface area contributed by atoms with Crippen molar-refractivity contribution in [1.82, 2.24) is 0 Å². The van der Waals surface area contributed by atoms with E-state index in [0.717, 1.165) is 24.4 Å². The molecule has 15 heavy (non-hydrogen) atoms. The summed E-state index contributed by atoms with van der Waals surface area (Å²) in [6.07, 6.45) is 5.71. The lowest BCUT2D eigenvalue weighted by molar-refractivity contribution is 0.166. The molecular formula is C12H18O3. The van der Waals surface area contributed by atoms with E-state index in [1.165, 1.54) is 0 Å². The smallest absolute Gasteiger partial charge is 0.198 e. The Morgan fingerprint density at radius 3 is 2.53 bits per heavy atom. The Kier molecular flexibility index (Phi) is 4.28. The molecule has 1 atom stereocenters. The summed E-state index contributed by atoms with van der Waals surface area (Å²) < 4.78 is 15.8. The van der Waals surface area contributed by atoms with E-state index in [2.05, 4.69) is 12.7 Å². The summed E-state index contributed by atoms with van der Waals surface area (Å²) in [6, 6.07) is 0. The van der Waals surface area contributed by atoms with Gasteiger partial charge in [0, 0.05) is 6.42 Å². The van der Waals surface area contributed by atoms with Gasteiger partial charge >= 0.3 is 0 Å². The van der Waals surface area contributed by atoms with Crippen LogP contribution in [0.25, 0.3) is 0 Å². The van der Waals surface area contributed by atoms with Crippen molar-refractivity contribution in [2.45, 2.75) is 12.8 Å². The fraction of sp³-hybridized carbons (Fsp3) is 0.500. The summed E-state index contributed by atoms with van der Waals surface area (Å²) in [5, 5.41) is 0.